The smallest absolute Gasteiger partial charge is 0.336 e. The van der Waals surface area contributed by atoms with Crippen LogP contribution in [0.2, 0.25) is 0 Å². The first-order chi connectivity index (χ1) is 18.5. The molecular formula is C20H36N2O18. The highest BCUT2D eigenvalue weighted by Gasteiger charge is 2.50. The molecule has 15 N–H and O–H groups in total. The topological polar surface area (TPSA) is 363 Å². The maximum Gasteiger partial charge on any atom is 0.336 e. The molecule has 2 aliphatic heterocycles. The summed E-state index contributed by atoms with van der Waals surface area (Å²) in [6.07, 6.45) is -18.6. The van der Waals surface area contributed by atoms with E-state index in [1.165, 1.54) is 0 Å². The van der Waals surface area contributed by atoms with Gasteiger partial charge in [0, 0.05) is 6.54 Å². The van der Waals surface area contributed by atoms with Crippen LogP contribution in [0.3, 0.4) is 0 Å². The van der Waals surface area contributed by atoms with Crippen molar-refractivity contribution in [2.24, 2.45) is 11.5 Å². The summed E-state index contributed by atoms with van der Waals surface area (Å²) in [5.41, 5.74) is 8.09. The van der Waals surface area contributed by atoms with Gasteiger partial charge in [0.05, 0.1) is 26.1 Å². The fraction of sp³-hybridized carbons (Fsp3) is 0.850. The Labute approximate surface area is 225 Å². The first-order valence-corrected chi connectivity index (χ1v) is 11.6. The van der Waals surface area contributed by atoms with Gasteiger partial charge in [-0.25, -0.2) is 4.79 Å². The van der Waals surface area contributed by atoms with Crippen molar-refractivity contribution in [3.05, 3.63) is 0 Å². The van der Waals surface area contributed by atoms with Crippen molar-refractivity contribution in [3.63, 3.8) is 0 Å². The molecule has 1 unspecified atom stereocenters. The molecule has 2 fully saturated rings. The van der Waals surface area contributed by atoms with E-state index in [0.29, 0.717) is 0 Å². The third-order valence-electron chi connectivity index (χ3n) is 5.79. The summed E-state index contributed by atoms with van der Waals surface area (Å²) in [5.74, 6) is -5.02. The zero-order chi connectivity index (χ0) is 30.9. The number of nitrogens with two attached hydrogens (primary N) is 2. The number of hydrogen-bond acceptors (Lipinski definition) is 17. The minimum absolute atomic E-state index is 0.00206. The molecule has 0 bridgehead atoms. The lowest BCUT2D eigenvalue weighted by Gasteiger charge is -2.45. The number of hydrogen-bond donors (Lipinski definition) is 13. The Balaban J connectivity index is 0.000000520. The molecule has 40 heavy (non-hydrogen) atoms. The number of carbonyl (C=O) groups is 3. The van der Waals surface area contributed by atoms with Crippen LogP contribution in [0.4, 0.5) is 0 Å². The lowest BCUT2D eigenvalue weighted by atomic mass is 9.96. The molecule has 2 saturated heterocycles. The van der Waals surface area contributed by atoms with Gasteiger partial charge < -0.3 is 86.6 Å². The van der Waals surface area contributed by atoms with E-state index in [-0.39, 0.29) is 13.2 Å². The molecule has 0 aromatic carbocycles. The van der Waals surface area contributed by atoms with E-state index < -0.39 is 111 Å². The second kappa shape index (κ2) is 15.7. The van der Waals surface area contributed by atoms with Crippen LogP contribution in [0, 0.1) is 0 Å². The van der Waals surface area contributed by atoms with Gasteiger partial charge in [0.1, 0.15) is 55.1 Å². The predicted molar refractivity (Wildman–Crippen MR) is 122 cm³/mol. The highest BCUT2D eigenvalue weighted by molar-refractivity contribution is 5.88. The highest BCUT2D eigenvalue weighted by atomic mass is 16.7. The van der Waals surface area contributed by atoms with Crippen LogP contribution >= 0.6 is 0 Å². The van der Waals surface area contributed by atoms with Crippen LogP contribution in [0.25, 0.3) is 0 Å². The maximum atomic E-state index is 10.3. The quantitative estimate of drug-likeness (QED) is 0.0935. The average Bonchev–Trinajstić information content (AvgIpc) is 2.87. The summed E-state index contributed by atoms with van der Waals surface area (Å²) in [5, 5.41) is 103. The fourth-order valence-corrected chi connectivity index (χ4v) is 3.56. The first-order valence-electron chi connectivity index (χ1n) is 11.6. The number of ether oxygens (including phenoxy) is 4. The molecular weight excluding hydrogens is 556 g/mol. The van der Waals surface area contributed by atoms with Gasteiger partial charge in [0.15, 0.2) is 18.2 Å². The van der Waals surface area contributed by atoms with Gasteiger partial charge in [-0.2, -0.15) is 0 Å². The Morgan fingerprint density at radius 3 is 1.82 bits per heavy atom. The Hall–Kier alpha value is -2.15. The summed E-state index contributed by atoms with van der Waals surface area (Å²) in [6, 6.07) is 0. The van der Waals surface area contributed by atoms with Crippen LogP contribution in [0.15, 0.2) is 0 Å². The molecule has 0 spiro atoms. The number of aliphatic hydroxyl groups is 8. The van der Waals surface area contributed by atoms with Crippen molar-refractivity contribution >= 4 is 17.9 Å². The summed E-state index contributed by atoms with van der Waals surface area (Å²) < 4.78 is 20.9. The fourth-order valence-electron chi connectivity index (χ4n) is 3.56. The predicted octanol–water partition coefficient (Wildman–Crippen LogP) is -7.38. The van der Waals surface area contributed by atoms with E-state index in [2.05, 4.69) is 0 Å². The average molecular weight is 593 g/mol. The molecule has 234 valence electrons. The van der Waals surface area contributed by atoms with Crippen molar-refractivity contribution in [2.45, 2.75) is 86.1 Å². The van der Waals surface area contributed by atoms with Crippen LogP contribution < -0.4 is 11.5 Å². The van der Waals surface area contributed by atoms with Crippen LogP contribution in [-0.2, 0) is 33.3 Å². The van der Waals surface area contributed by atoms with Crippen LogP contribution in [0.1, 0.15) is 12.8 Å². The molecule has 20 heteroatoms. The van der Waals surface area contributed by atoms with Crippen molar-refractivity contribution in [1.82, 2.24) is 0 Å². The van der Waals surface area contributed by atoms with Gasteiger partial charge in [-0.3, -0.25) is 9.59 Å². The standard InChI is InChI=1S/C14H28N2O11.C6H8O7/c15-1-6(16)24-3-5-7(18)8(19)11(22)14(26-5)27-12-4(2-17)25-13(23)10(21)9(12)20;7-3(8)1-6(13,5(11)12)2-4(9)10/h4-14,17-23H,1-3,15-16H2;13H,1-2H2,(H,7,8)(H,9,10)(H,11,12)/t4-,5-,6?,7+,8+,9-,10-,11-,12-,13+,14+;/m1./s1. The molecule has 2 aliphatic rings. The van der Waals surface area contributed by atoms with E-state index in [1.54, 1.807) is 0 Å². The molecule has 0 saturated carbocycles. The molecule has 2 heterocycles. The normalized spacial score (nSPS) is 35.2. The molecule has 0 aromatic heterocycles. The number of aliphatic hydroxyl groups excluding tert-OH is 7. The number of carboxylic acids is 3. The Morgan fingerprint density at radius 1 is 0.825 bits per heavy atom. The van der Waals surface area contributed by atoms with Gasteiger partial charge in [0.2, 0.25) is 0 Å². The van der Waals surface area contributed by atoms with Gasteiger partial charge in [-0.1, -0.05) is 0 Å². The van der Waals surface area contributed by atoms with Gasteiger partial charge in [0.25, 0.3) is 0 Å². The summed E-state index contributed by atoms with van der Waals surface area (Å²) in [4.78, 5) is 30.5. The van der Waals surface area contributed by atoms with Crippen molar-refractivity contribution in [3.8, 4) is 0 Å². The first kappa shape index (κ1) is 35.9. The summed E-state index contributed by atoms with van der Waals surface area (Å²) in [6.45, 7) is -0.965. The van der Waals surface area contributed by atoms with E-state index in [9.17, 15) is 50.1 Å². The molecule has 0 aromatic rings. The largest absolute Gasteiger partial charge is 0.481 e. The van der Waals surface area contributed by atoms with Gasteiger partial charge in [-0.05, 0) is 0 Å². The Kier molecular flexibility index (Phi) is 14.1. The minimum atomic E-state index is -2.74. The number of aliphatic carboxylic acids is 3. The van der Waals surface area contributed by atoms with E-state index in [4.69, 9.17) is 50.8 Å². The lowest BCUT2D eigenvalue weighted by Crippen LogP contribution is -2.64. The number of carboxylic acid groups (broad SMARTS) is 3. The summed E-state index contributed by atoms with van der Waals surface area (Å²) in [7, 11) is 0. The second-order valence-electron chi connectivity index (χ2n) is 8.93. The van der Waals surface area contributed by atoms with Crippen molar-refractivity contribution < 1.29 is 89.5 Å². The zero-order valence-electron chi connectivity index (χ0n) is 20.8. The van der Waals surface area contributed by atoms with Gasteiger partial charge in [-0.15, -0.1) is 0 Å². The van der Waals surface area contributed by atoms with Gasteiger partial charge >= 0.3 is 17.9 Å². The van der Waals surface area contributed by atoms with Crippen LogP contribution in [0.5, 0.6) is 0 Å². The SMILES string of the molecule is NCC(N)OC[C@H]1O[C@@H](O[C@H]2[C@H](O)[C@@H](O)[C@@H](O)O[C@@H]2CO)[C@H](O)[C@@H](O)[C@H]1O.O=C(O)CC(O)(CC(=O)O)C(=O)O. The highest BCUT2D eigenvalue weighted by Crippen LogP contribution is 2.28. The molecule has 0 radical (unpaired) electrons. The third-order valence-corrected chi connectivity index (χ3v) is 5.79. The Bertz CT molecular complexity index is 815. The zero-order valence-corrected chi connectivity index (χ0v) is 20.8. The molecule has 0 amide bonds. The maximum absolute atomic E-state index is 10.3. The second-order valence-corrected chi connectivity index (χ2v) is 8.93. The van der Waals surface area contributed by atoms with E-state index >= 15 is 0 Å². The third kappa shape index (κ3) is 9.74. The van der Waals surface area contributed by atoms with Crippen LogP contribution in [-0.4, -0.2) is 167 Å². The van der Waals surface area contributed by atoms with Crippen molar-refractivity contribution in [1.29, 1.82) is 0 Å². The lowest BCUT2D eigenvalue weighted by molar-refractivity contribution is -0.356. The van der Waals surface area contributed by atoms with Crippen molar-refractivity contribution in [2.75, 3.05) is 19.8 Å². The molecule has 11 atom stereocenters. The van der Waals surface area contributed by atoms with E-state index in [1.807, 2.05) is 0 Å². The Morgan fingerprint density at radius 2 is 1.38 bits per heavy atom. The summed E-state index contributed by atoms with van der Waals surface area (Å²) >= 11 is 0. The molecule has 2 rings (SSSR count). The monoisotopic (exact) mass is 592 g/mol. The molecule has 20 nitrogen and oxygen atoms in total. The number of rotatable bonds is 12. The molecule has 0 aliphatic carbocycles. The minimum Gasteiger partial charge on any atom is -0.481 e. The van der Waals surface area contributed by atoms with E-state index in [0.717, 1.165) is 0 Å².